The third kappa shape index (κ3) is 4.97. The number of amides is 1. The van der Waals surface area contributed by atoms with Crippen LogP contribution in [0.1, 0.15) is 42.3 Å². The van der Waals surface area contributed by atoms with E-state index in [1.165, 1.54) is 24.4 Å². The van der Waals surface area contributed by atoms with Crippen molar-refractivity contribution in [3.8, 4) is 11.6 Å². The van der Waals surface area contributed by atoms with Crippen molar-refractivity contribution in [2.24, 2.45) is 0 Å². The molecule has 0 aliphatic heterocycles. The molecule has 0 saturated heterocycles. The molecule has 2 aromatic carbocycles. The molecule has 1 heterocycles. The van der Waals surface area contributed by atoms with E-state index >= 15 is 0 Å². The Hall–Kier alpha value is -3.35. The van der Waals surface area contributed by atoms with E-state index in [1.807, 2.05) is 12.1 Å². The molecule has 30 heavy (non-hydrogen) atoms. The first-order valence-electron chi connectivity index (χ1n) is 9.27. The van der Waals surface area contributed by atoms with Crippen molar-refractivity contribution in [3.05, 3.63) is 83.6 Å². The zero-order valence-corrected chi connectivity index (χ0v) is 16.7. The van der Waals surface area contributed by atoms with Gasteiger partial charge in [-0.15, -0.1) is 0 Å². The van der Waals surface area contributed by atoms with E-state index in [1.54, 1.807) is 18.2 Å². The normalized spacial score (nSPS) is 11.8. The predicted molar refractivity (Wildman–Crippen MR) is 109 cm³/mol. The molecule has 0 fully saturated rings. The second-order valence-electron chi connectivity index (χ2n) is 7.73. The lowest BCUT2D eigenvalue weighted by atomic mass is 9.87. The molecule has 0 atom stereocenters. The number of benzene rings is 2. The number of aromatic nitrogens is 1. The molecule has 3 aromatic rings. The number of halogens is 3. The highest BCUT2D eigenvalue weighted by molar-refractivity contribution is 6.06. The third-order valence-corrected chi connectivity index (χ3v) is 4.43. The molecule has 7 heteroatoms. The van der Waals surface area contributed by atoms with Crippen molar-refractivity contribution < 1.29 is 22.7 Å². The smallest absolute Gasteiger partial charge is 0.417 e. The number of ether oxygens (including phenoxy) is 1. The molecule has 1 aromatic heterocycles. The number of pyridine rings is 1. The number of carbonyl (C=O) groups is 1. The molecule has 0 spiro atoms. The van der Waals surface area contributed by atoms with Crippen LogP contribution in [-0.2, 0) is 11.6 Å². The Morgan fingerprint density at radius 2 is 1.60 bits per heavy atom. The van der Waals surface area contributed by atoms with Gasteiger partial charge >= 0.3 is 6.18 Å². The van der Waals surface area contributed by atoms with Gasteiger partial charge < -0.3 is 10.1 Å². The van der Waals surface area contributed by atoms with E-state index in [4.69, 9.17) is 4.74 Å². The summed E-state index contributed by atoms with van der Waals surface area (Å²) in [5, 5.41) is 2.47. The Morgan fingerprint density at radius 1 is 0.933 bits per heavy atom. The van der Waals surface area contributed by atoms with Crippen LogP contribution in [0.3, 0.4) is 0 Å². The van der Waals surface area contributed by atoms with E-state index in [-0.39, 0.29) is 17.0 Å². The first kappa shape index (κ1) is 21.4. The number of hydrogen-bond acceptors (Lipinski definition) is 3. The van der Waals surface area contributed by atoms with E-state index in [9.17, 15) is 18.0 Å². The number of rotatable bonds is 4. The maximum absolute atomic E-state index is 13.2. The standard InChI is InChI=1S/C23H21F3N2O2/c1-22(2,3)15-10-12-16(13-11-15)30-21-19(9-6-14-27-21)28-20(29)17-7-4-5-8-18(17)23(24,25)26/h4-14H,1-3H3,(H,28,29). The number of anilines is 1. The van der Waals surface area contributed by atoms with Gasteiger partial charge in [-0.2, -0.15) is 13.2 Å². The summed E-state index contributed by atoms with van der Waals surface area (Å²) in [6.45, 7) is 6.27. The van der Waals surface area contributed by atoms with Crippen LogP contribution >= 0.6 is 0 Å². The van der Waals surface area contributed by atoms with Gasteiger partial charge in [0.25, 0.3) is 5.91 Å². The van der Waals surface area contributed by atoms with Crippen LogP contribution in [0.4, 0.5) is 18.9 Å². The van der Waals surface area contributed by atoms with Crippen LogP contribution in [0.15, 0.2) is 66.9 Å². The highest BCUT2D eigenvalue weighted by Crippen LogP contribution is 2.33. The number of nitrogens with one attached hydrogen (secondary N) is 1. The maximum atomic E-state index is 13.2. The van der Waals surface area contributed by atoms with Crippen molar-refractivity contribution in [3.63, 3.8) is 0 Å². The fraction of sp³-hybridized carbons (Fsp3) is 0.217. The van der Waals surface area contributed by atoms with Gasteiger partial charge in [0, 0.05) is 6.20 Å². The summed E-state index contributed by atoms with van der Waals surface area (Å²) in [6.07, 6.45) is -3.17. The van der Waals surface area contributed by atoms with Gasteiger partial charge in [-0.1, -0.05) is 45.0 Å². The van der Waals surface area contributed by atoms with Crippen molar-refractivity contribution in [1.29, 1.82) is 0 Å². The van der Waals surface area contributed by atoms with Gasteiger partial charge in [0.15, 0.2) is 0 Å². The van der Waals surface area contributed by atoms with Crippen LogP contribution < -0.4 is 10.1 Å². The van der Waals surface area contributed by atoms with Crippen molar-refractivity contribution >= 4 is 11.6 Å². The lowest BCUT2D eigenvalue weighted by molar-refractivity contribution is -0.137. The Morgan fingerprint density at radius 3 is 2.23 bits per heavy atom. The van der Waals surface area contributed by atoms with Crippen LogP contribution in [0.25, 0.3) is 0 Å². The van der Waals surface area contributed by atoms with Crippen molar-refractivity contribution in [2.75, 3.05) is 5.32 Å². The van der Waals surface area contributed by atoms with Crippen LogP contribution in [0, 0.1) is 0 Å². The molecule has 0 unspecified atom stereocenters. The molecule has 0 radical (unpaired) electrons. The molecule has 0 aliphatic carbocycles. The average Bonchev–Trinajstić information content (AvgIpc) is 2.68. The summed E-state index contributed by atoms with van der Waals surface area (Å²) in [5.74, 6) is -0.324. The fourth-order valence-corrected chi connectivity index (χ4v) is 2.82. The highest BCUT2D eigenvalue weighted by Gasteiger charge is 2.35. The van der Waals surface area contributed by atoms with Gasteiger partial charge in [0.1, 0.15) is 11.4 Å². The Kier molecular flexibility index (Phi) is 5.82. The minimum atomic E-state index is -4.64. The van der Waals surface area contributed by atoms with Gasteiger partial charge in [0.05, 0.1) is 11.1 Å². The Balaban J connectivity index is 1.84. The summed E-state index contributed by atoms with van der Waals surface area (Å²) >= 11 is 0. The molecule has 1 N–H and O–H groups in total. The van der Waals surface area contributed by atoms with Crippen molar-refractivity contribution in [1.82, 2.24) is 4.98 Å². The second kappa shape index (κ2) is 8.18. The summed E-state index contributed by atoms with van der Waals surface area (Å²) in [5.41, 5.74) is -0.220. The summed E-state index contributed by atoms with van der Waals surface area (Å²) in [6, 6.07) is 15.1. The van der Waals surface area contributed by atoms with Crippen LogP contribution in [0.5, 0.6) is 11.6 Å². The number of alkyl halides is 3. The third-order valence-electron chi connectivity index (χ3n) is 4.43. The quantitative estimate of drug-likeness (QED) is 0.534. The molecule has 156 valence electrons. The zero-order valence-electron chi connectivity index (χ0n) is 16.7. The SMILES string of the molecule is CC(C)(C)c1ccc(Oc2ncccc2NC(=O)c2ccccc2C(F)(F)F)cc1. The minimum Gasteiger partial charge on any atom is -0.437 e. The summed E-state index contributed by atoms with van der Waals surface area (Å²) in [4.78, 5) is 16.7. The van der Waals surface area contributed by atoms with Crippen molar-refractivity contribution in [2.45, 2.75) is 32.4 Å². The minimum absolute atomic E-state index is 0.0193. The summed E-state index contributed by atoms with van der Waals surface area (Å²) < 4.78 is 45.4. The molecule has 1 amide bonds. The van der Waals surface area contributed by atoms with E-state index in [2.05, 4.69) is 31.1 Å². The maximum Gasteiger partial charge on any atom is 0.417 e. The monoisotopic (exact) mass is 414 g/mol. The lowest BCUT2D eigenvalue weighted by Gasteiger charge is -2.19. The predicted octanol–water partition coefficient (Wildman–Crippen LogP) is 6.44. The number of hydrogen-bond donors (Lipinski definition) is 1. The van der Waals surface area contributed by atoms with E-state index in [0.717, 1.165) is 17.7 Å². The first-order valence-corrected chi connectivity index (χ1v) is 9.27. The Labute approximate surface area is 172 Å². The molecule has 0 saturated carbocycles. The lowest BCUT2D eigenvalue weighted by Crippen LogP contribution is -2.19. The zero-order chi connectivity index (χ0) is 21.9. The number of nitrogens with zero attached hydrogens (tertiary/aromatic N) is 1. The van der Waals surface area contributed by atoms with Gasteiger partial charge in [-0.3, -0.25) is 4.79 Å². The average molecular weight is 414 g/mol. The summed E-state index contributed by atoms with van der Waals surface area (Å²) in [7, 11) is 0. The molecule has 0 aliphatic rings. The molecule has 4 nitrogen and oxygen atoms in total. The van der Waals surface area contributed by atoms with Gasteiger partial charge in [-0.05, 0) is 47.4 Å². The number of carbonyl (C=O) groups excluding carboxylic acids is 1. The Bertz CT molecular complexity index is 1040. The fourth-order valence-electron chi connectivity index (χ4n) is 2.82. The molecule has 3 rings (SSSR count). The second-order valence-corrected chi connectivity index (χ2v) is 7.73. The molecule has 0 bridgehead atoms. The highest BCUT2D eigenvalue weighted by atomic mass is 19.4. The van der Waals surface area contributed by atoms with E-state index in [0.29, 0.717) is 5.75 Å². The van der Waals surface area contributed by atoms with E-state index < -0.39 is 23.2 Å². The molecular weight excluding hydrogens is 393 g/mol. The largest absolute Gasteiger partial charge is 0.437 e. The van der Waals surface area contributed by atoms with Gasteiger partial charge in [0.2, 0.25) is 5.88 Å². The topological polar surface area (TPSA) is 51.2 Å². The van der Waals surface area contributed by atoms with Crippen LogP contribution in [0.2, 0.25) is 0 Å². The first-order chi connectivity index (χ1) is 14.1. The van der Waals surface area contributed by atoms with Gasteiger partial charge in [-0.25, -0.2) is 4.98 Å². The van der Waals surface area contributed by atoms with Crippen LogP contribution in [-0.4, -0.2) is 10.9 Å². The molecular formula is C23H21F3N2O2.